The molecule has 1 aromatic carbocycles. The average Bonchev–Trinajstić information content (AvgIpc) is 2.78. The Hall–Kier alpha value is -1.62. The lowest BCUT2D eigenvalue weighted by Gasteiger charge is -2.31. The Bertz CT molecular complexity index is 667. The predicted octanol–water partition coefficient (Wildman–Crippen LogP) is 8.27. The van der Waals surface area contributed by atoms with E-state index >= 15 is 0 Å². The van der Waals surface area contributed by atoms with Crippen molar-refractivity contribution in [1.82, 2.24) is 0 Å². The quantitative estimate of drug-likeness (QED) is 0.406. The van der Waals surface area contributed by atoms with Crippen LogP contribution < -0.4 is 0 Å². The third-order valence-electron chi connectivity index (χ3n) is 7.48. The van der Waals surface area contributed by atoms with Gasteiger partial charge in [0.25, 0.3) is 0 Å². The summed E-state index contributed by atoms with van der Waals surface area (Å²) in [7, 11) is 0. The zero-order chi connectivity index (χ0) is 20.5. The summed E-state index contributed by atoms with van der Waals surface area (Å²) in [5.74, 6) is 2.18. The van der Waals surface area contributed by atoms with Crippen LogP contribution in [0.5, 0.6) is 0 Å². The molecule has 158 valence electrons. The fourth-order valence-corrected chi connectivity index (χ4v) is 5.48. The first-order valence-electron chi connectivity index (χ1n) is 12.0. The van der Waals surface area contributed by atoms with Crippen molar-refractivity contribution in [2.45, 2.75) is 96.3 Å². The minimum absolute atomic E-state index is 0.287. The summed E-state index contributed by atoms with van der Waals surface area (Å²) in [4.78, 5) is 0. The summed E-state index contributed by atoms with van der Waals surface area (Å²) in [6.45, 7) is 2.26. The van der Waals surface area contributed by atoms with Crippen molar-refractivity contribution >= 4 is 0 Å². The van der Waals surface area contributed by atoms with E-state index < -0.39 is 5.83 Å². The highest BCUT2D eigenvalue weighted by atomic mass is 19.1. The molecule has 0 radical (unpaired) electrons. The highest BCUT2D eigenvalue weighted by Gasteiger charge is 2.25. The number of hydrogen-bond acceptors (Lipinski definition) is 1. The minimum Gasteiger partial charge on any atom is -0.195 e. The van der Waals surface area contributed by atoms with Crippen molar-refractivity contribution < 1.29 is 4.39 Å². The van der Waals surface area contributed by atoms with Gasteiger partial charge in [0, 0.05) is 0 Å². The van der Waals surface area contributed by atoms with Crippen LogP contribution >= 0.6 is 0 Å². The Kier molecular flexibility index (Phi) is 8.78. The molecule has 2 fully saturated rings. The third-order valence-corrected chi connectivity index (χ3v) is 7.48. The van der Waals surface area contributed by atoms with Crippen LogP contribution in [0.25, 0.3) is 0 Å². The minimum atomic E-state index is -0.596. The SMILES string of the molecule is CCCCc1ccc(C2CCC(CCC3CCC(/C=C(/F)C#N)CC3)CC2)cc1. The summed E-state index contributed by atoms with van der Waals surface area (Å²) >= 11 is 0. The maximum absolute atomic E-state index is 13.1. The van der Waals surface area contributed by atoms with E-state index in [9.17, 15) is 4.39 Å². The zero-order valence-electron chi connectivity index (χ0n) is 18.2. The average molecular weight is 396 g/mol. The normalized spacial score (nSPS) is 28.1. The van der Waals surface area contributed by atoms with E-state index in [4.69, 9.17) is 5.26 Å². The lowest BCUT2D eigenvalue weighted by Crippen LogP contribution is -2.17. The number of unbranched alkanes of at least 4 members (excludes halogenated alkanes) is 1. The van der Waals surface area contributed by atoms with Crippen molar-refractivity contribution in [2.24, 2.45) is 17.8 Å². The van der Waals surface area contributed by atoms with Gasteiger partial charge in [-0.15, -0.1) is 0 Å². The highest BCUT2D eigenvalue weighted by molar-refractivity contribution is 5.26. The molecule has 1 aromatic rings. The largest absolute Gasteiger partial charge is 0.196 e. The molecule has 0 saturated heterocycles. The summed E-state index contributed by atoms with van der Waals surface area (Å²) in [6, 6.07) is 11.1. The Morgan fingerprint density at radius 3 is 2.10 bits per heavy atom. The monoisotopic (exact) mass is 395 g/mol. The molecule has 2 aliphatic rings. The van der Waals surface area contributed by atoms with Gasteiger partial charge >= 0.3 is 0 Å². The summed E-state index contributed by atoms with van der Waals surface area (Å²) in [5, 5.41) is 8.59. The Labute approximate surface area is 177 Å². The Morgan fingerprint density at radius 2 is 1.55 bits per heavy atom. The molecule has 0 atom stereocenters. The molecule has 2 saturated carbocycles. The van der Waals surface area contributed by atoms with Crippen LogP contribution in [0.4, 0.5) is 4.39 Å². The van der Waals surface area contributed by atoms with Crippen LogP contribution in [0, 0.1) is 29.1 Å². The number of halogens is 1. The van der Waals surface area contributed by atoms with Crippen LogP contribution in [-0.2, 0) is 6.42 Å². The van der Waals surface area contributed by atoms with Crippen molar-refractivity contribution in [1.29, 1.82) is 5.26 Å². The maximum atomic E-state index is 13.1. The number of rotatable bonds is 8. The fraction of sp³-hybridized carbons (Fsp3) is 0.667. The van der Waals surface area contributed by atoms with Crippen LogP contribution in [-0.4, -0.2) is 0 Å². The standard InChI is InChI=1S/C27H38FN/c1-2-3-4-21-11-15-25(16-12-21)26-17-13-23(14-18-26)6-5-22-7-9-24(10-8-22)19-27(28)20-29/h11-12,15-16,19,22-24,26H,2-10,13-14,17-18H2,1H3/b27-19+. The van der Waals surface area contributed by atoms with Gasteiger partial charge in [0.2, 0.25) is 0 Å². The molecule has 2 heteroatoms. The summed E-state index contributed by atoms with van der Waals surface area (Å²) in [6.07, 6.45) is 18.0. The first kappa shape index (κ1) is 22.1. The highest BCUT2D eigenvalue weighted by Crippen LogP contribution is 2.40. The molecule has 29 heavy (non-hydrogen) atoms. The van der Waals surface area contributed by atoms with E-state index in [1.807, 2.05) is 0 Å². The molecule has 0 bridgehead atoms. The number of hydrogen-bond donors (Lipinski definition) is 0. The second-order valence-electron chi connectivity index (χ2n) is 9.55. The Balaban J connectivity index is 1.35. The van der Waals surface area contributed by atoms with Gasteiger partial charge in [-0.25, -0.2) is 0 Å². The molecule has 0 unspecified atom stereocenters. The number of benzene rings is 1. The maximum Gasteiger partial charge on any atom is 0.196 e. The van der Waals surface area contributed by atoms with Gasteiger partial charge in [0.1, 0.15) is 6.07 Å². The van der Waals surface area contributed by atoms with E-state index in [1.165, 1.54) is 76.2 Å². The van der Waals surface area contributed by atoms with E-state index in [0.29, 0.717) is 0 Å². The Morgan fingerprint density at radius 1 is 0.966 bits per heavy atom. The van der Waals surface area contributed by atoms with Crippen molar-refractivity contribution in [3.8, 4) is 6.07 Å². The first-order chi connectivity index (χ1) is 14.2. The smallest absolute Gasteiger partial charge is 0.195 e. The van der Waals surface area contributed by atoms with Crippen LogP contribution in [0.2, 0.25) is 0 Å². The molecule has 2 aliphatic carbocycles. The molecule has 0 aliphatic heterocycles. The van der Waals surface area contributed by atoms with Crippen LogP contribution in [0.15, 0.2) is 36.2 Å². The van der Waals surface area contributed by atoms with Crippen LogP contribution in [0.1, 0.15) is 101 Å². The second-order valence-corrected chi connectivity index (χ2v) is 9.55. The van der Waals surface area contributed by atoms with E-state index in [-0.39, 0.29) is 5.92 Å². The first-order valence-corrected chi connectivity index (χ1v) is 12.0. The topological polar surface area (TPSA) is 23.8 Å². The van der Waals surface area contributed by atoms with Gasteiger partial charge < -0.3 is 0 Å². The molecule has 0 amide bonds. The lowest BCUT2D eigenvalue weighted by atomic mass is 9.74. The van der Waals surface area contributed by atoms with Gasteiger partial charge in [0.05, 0.1) is 0 Å². The van der Waals surface area contributed by atoms with Crippen molar-refractivity contribution in [3.05, 3.63) is 47.3 Å². The van der Waals surface area contributed by atoms with E-state index in [2.05, 4.69) is 31.2 Å². The van der Waals surface area contributed by atoms with Gasteiger partial charge in [-0.05, 0) is 105 Å². The molecular formula is C27H38FN. The number of allylic oxidation sites excluding steroid dienone is 2. The fourth-order valence-electron chi connectivity index (χ4n) is 5.48. The molecule has 0 heterocycles. The van der Waals surface area contributed by atoms with Gasteiger partial charge in [-0.1, -0.05) is 50.5 Å². The molecule has 3 rings (SSSR count). The van der Waals surface area contributed by atoms with Gasteiger partial charge in [-0.3, -0.25) is 0 Å². The molecule has 0 spiro atoms. The summed E-state index contributed by atoms with van der Waals surface area (Å²) in [5.41, 5.74) is 3.05. The molecular weight excluding hydrogens is 357 g/mol. The van der Waals surface area contributed by atoms with Crippen LogP contribution in [0.3, 0.4) is 0 Å². The van der Waals surface area contributed by atoms with Crippen molar-refractivity contribution in [2.75, 3.05) is 0 Å². The van der Waals surface area contributed by atoms with Crippen molar-refractivity contribution in [3.63, 3.8) is 0 Å². The van der Waals surface area contributed by atoms with Gasteiger partial charge in [-0.2, -0.15) is 9.65 Å². The third kappa shape index (κ3) is 6.98. The summed E-state index contributed by atoms with van der Waals surface area (Å²) < 4.78 is 13.1. The second kappa shape index (κ2) is 11.5. The molecule has 0 aromatic heterocycles. The van der Waals surface area contributed by atoms with E-state index in [0.717, 1.165) is 30.6 Å². The zero-order valence-corrected chi connectivity index (χ0v) is 18.2. The van der Waals surface area contributed by atoms with Gasteiger partial charge in [0.15, 0.2) is 5.83 Å². The van der Waals surface area contributed by atoms with E-state index in [1.54, 1.807) is 17.7 Å². The number of nitriles is 1. The number of aryl methyl sites for hydroxylation is 1. The lowest BCUT2D eigenvalue weighted by molar-refractivity contribution is 0.245. The molecule has 1 nitrogen and oxygen atoms in total. The predicted molar refractivity (Wildman–Crippen MR) is 119 cm³/mol. The number of nitrogens with zero attached hydrogens (tertiary/aromatic N) is 1. The molecule has 0 N–H and O–H groups in total.